The van der Waals surface area contributed by atoms with Crippen LogP contribution >= 0.6 is 0 Å². The summed E-state index contributed by atoms with van der Waals surface area (Å²) in [6.07, 6.45) is -2.05. The maximum absolute atomic E-state index is 14.8. The van der Waals surface area contributed by atoms with Crippen molar-refractivity contribution >= 4 is 23.1 Å². The zero-order valence-electron chi connectivity index (χ0n) is 21.3. The third-order valence-corrected chi connectivity index (χ3v) is 6.80. The van der Waals surface area contributed by atoms with E-state index in [4.69, 9.17) is 0 Å². The topological polar surface area (TPSA) is 81.2 Å². The zero-order chi connectivity index (χ0) is 27.0. The molecule has 2 aromatic heterocycles. The number of hydrogen-bond donors (Lipinski definition) is 3. The minimum absolute atomic E-state index is 0.0568. The third-order valence-electron chi connectivity index (χ3n) is 6.80. The van der Waals surface area contributed by atoms with Gasteiger partial charge in [-0.3, -0.25) is 4.90 Å². The maximum Gasteiger partial charge on any atom is 0.408 e. The number of benzene rings is 1. The maximum atomic E-state index is 14.8. The lowest BCUT2D eigenvalue weighted by atomic mass is 10.1. The molecule has 0 aliphatic carbocycles. The summed E-state index contributed by atoms with van der Waals surface area (Å²) in [6, 6.07) is 6.93. The van der Waals surface area contributed by atoms with Gasteiger partial charge in [0.2, 0.25) is 5.95 Å². The quantitative estimate of drug-likeness (QED) is 0.388. The van der Waals surface area contributed by atoms with E-state index >= 15 is 0 Å². The van der Waals surface area contributed by atoms with Crippen molar-refractivity contribution in [1.82, 2.24) is 25.2 Å². The Bertz CT molecular complexity index is 1280. The fourth-order valence-corrected chi connectivity index (χ4v) is 5.18. The minimum Gasteiger partial charge on any atom is -0.364 e. The molecule has 38 heavy (non-hydrogen) atoms. The Labute approximate surface area is 218 Å². The summed E-state index contributed by atoms with van der Waals surface area (Å²) >= 11 is 0. The van der Waals surface area contributed by atoms with Crippen molar-refractivity contribution in [2.75, 3.05) is 41.7 Å². The number of anilines is 4. The Kier molecular flexibility index (Phi) is 7.10. The number of rotatable bonds is 6. The first-order valence-corrected chi connectivity index (χ1v) is 12.6. The molecule has 202 valence electrons. The molecule has 4 heterocycles. The number of fused-ring (bicyclic) bond motifs is 1. The Morgan fingerprint density at radius 3 is 2.47 bits per heavy atom. The molecular weight excluding hydrogens is 500 g/mol. The molecule has 0 spiro atoms. The van der Waals surface area contributed by atoms with E-state index in [0.29, 0.717) is 31.7 Å². The Hall–Kier alpha value is -3.51. The number of hydrogen-bond acceptors (Lipinski definition) is 8. The number of halogens is 4. The number of nitrogens with one attached hydrogen (secondary N) is 3. The SMILES string of the molecule is CC(C)N1c2cc(-c3nc(Nc4ccc(C(N5CCNCC5)C(F)(F)F)cn4)ncc3F)ccc2NC1C. The summed E-state index contributed by atoms with van der Waals surface area (Å²) in [5.41, 5.74) is 2.67. The van der Waals surface area contributed by atoms with Crippen LogP contribution in [-0.4, -0.2) is 64.4 Å². The second-order valence-corrected chi connectivity index (χ2v) is 9.78. The highest BCUT2D eigenvalue weighted by Gasteiger charge is 2.45. The molecule has 0 bridgehead atoms. The van der Waals surface area contributed by atoms with Crippen LogP contribution in [0.4, 0.5) is 40.7 Å². The van der Waals surface area contributed by atoms with Gasteiger partial charge in [0, 0.05) is 44.0 Å². The lowest BCUT2D eigenvalue weighted by molar-refractivity contribution is -0.188. The second kappa shape index (κ2) is 10.3. The van der Waals surface area contributed by atoms with Crippen molar-refractivity contribution in [2.45, 2.75) is 45.2 Å². The summed E-state index contributed by atoms with van der Waals surface area (Å²) in [5, 5.41) is 9.36. The fraction of sp³-hybridized carbons (Fsp3) is 0.423. The Morgan fingerprint density at radius 1 is 1.05 bits per heavy atom. The molecule has 5 rings (SSSR count). The molecule has 2 aliphatic heterocycles. The van der Waals surface area contributed by atoms with Crippen molar-refractivity contribution < 1.29 is 17.6 Å². The lowest BCUT2D eigenvalue weighted by Gasteiger charge is -2.36. The van der Waals surface area contributed by atoms with E-state index in [0.717, 1.165) is 17.6 Å². The number of alkyl halides is 3. The van der Waals surface area contributed by atoms with Crippen LogP contribution in [0.5, 0.6) is 0 Å². The van der Waals surface area contributed by atoms with Crippen LogP contribution in [0.1, 0.15) is 32.4 Å². The van der Waals surface area contributed by atoms with Gasteiger partial charge in [-0.1, -0.05) is 12.1 Å². The van der Waals surface area contributed by atoms with Crippen LogP contribution in [0, 0.1) is 5.82 Å². The van der Waals surface area contributed by atoms with Gasteiger partial charge in [-0.2, -0.15) is 13.2 Å². The average Bonchev–Trinajstić information content (AvgIpc) is 3.21. The molecule has 8 nitrogen and oxygen atoms in total. The molecule has 3 N–H and O–H groups in total. The monoisotopic (exact) mass is 530 g/mol. The Balaban J connectivity index is 1.38. The van der Waals surface area contributed by atoms with E-state index in [1.807, 2.05) is 12.1 Å². The summed E-state index contributed by atoms with van der Waals surface area (Å²) in [5.74, 6) is -0.243. The number of pyridine rings is 1. The predicted molar refractivity (Wildman–Crippen MR) is 139 cm³/mol. The first kappa shape index (κ1) is 26.1. The van der Waals surface area contributed by atoms with Crippen molar-refractivity contribution in [3.05, 3.63) is 54.1 Å². The fourth-order valence-electron chi connectivity index (χ4n) is 5.18. The molecule has 1 saturated heterocycles. The smallest absolute Gasteiger partial charge is 0.364 e. The highest BCUT2D eigenvalue weighted by atomic mass is 19.4. The highest BCUT2D eigenvalue weighted by Crippen LogP contribution is 2.40. The molecular formula is C26H30F4N8. The molecule has 12 heteroatoms. The number of piperazine rings is 1. The second-order valence-electron chi connectivity index (χ2n) is 9.78. The minimum atomic E-state index is -4.43. The van der Waals surface area contributed by atoms with Crippen LogP contribution in [0.25, 0.3) is 11.3 Å². The van der Waals surface area contributed by atoms with Crippen LogP contribution in [0.15, 0.2) is 42.7 Å². The van der Waals surface area contributed by atoms with Crippen LogP contribution in [0.3, 0.4) is 0 Å². The Morgan fingerprint density at radius 2 is 1.82 bits per heavy atom. The molecule has 1 fully saturated rings. The number of nitrogens with zero attached hydrogens (tertiary/aromatic N) is 5. The van der Waals surface area contributed by atoms with E-state index in [-0.39, 0.29) is 35.2 Å². The van der Waals surface area contributed by atoms with Gasteiger partial charge in [0.25, 0.3) is 0 Å². The van der Waals surface area contributed by atoms with Gasteiger partial charge < -0.3 is 20.9 Å². The molecule has 2 atom stereocenters. The van der Waals surface area contributed by atoms with Gasteiger partial charge in [0.05, 0.1) is 23.7 Å². The first-order chi connectivity index (χ1) is 18.1. The highest BCUT2D eigenvalue weighted by molar-refractivity contribution is 5.81. The predicted octanol–water partition coefficient (Wildman–Crippen LogP) is 4.92. The third kappa shape index (κ3) is 5.23. The van der Waals surface area contributed by atoms with Crippen molar-refractivity contribution in [2.24, 2.45) is 0 Å². The summed E-state index contributed by atoms with van der Waals surface area (Å²) in [4.78, 5) is 16.1. The van der Waals surface area contributed by atoms with Crippen molar-refractivity contribution in [3.8, 4) is 11.3 Å². The zero-order valence-corrected chi connectivity index (χ0v) is 21.3. The summed E-state index contributed by atoms with van der Waals surface area (Å²) in [7, 11) is 0. The molecule has 2 unspecified atom stereocenters. The molecule has 1 aromatic carbocycles. The van der Waals surface area contributed by atoms with Crippen molar-refractivity contribution in [3.63, 3.8) is 0 Å². The van der Waals surface area contributed by atoms with Gasteiger partial charge >= 0.3 is 6.18 Å². The van der Waals surface area contributed by atoms with Gasteiger partial charge in [0.15, 0.2) is 5.82 Å². The molecule has 0 radical (unpaired) electrons. The summed E-state index contributed by atoms with van der Waals surface area (Å²) in [6.45, 7) is 7.83. The summed E-state index contributed by atoms with van der Waals surface area (Å²) < 4.78 is 56.5. The normalized spacial score (nSPS) is 18.8. The number of aromatic nitrogens is 3. The molecule has 3 aromatic rings. The van der Waals surface area contributed by atoms with Crippen LogP contribution in [0.2, 0.25) is 0 Å². The standard InChI is InChI=1S/C26H30F4N8/c1-15(2)38-16(3)34-20-6-4-17(12-21(20)38)23-19(27)14-33-25(36-23)35-22-7-5-18(13-32-22)24(26(28,29)30)37-10-8-31-9-11-37/h4-7,12-16,24,31,34H,8-11H2,1-3H3,(H,32,33,35,36). The average molecular weight is 531 g/mol. The lowest BCUT2D eigenvalue weighted by Crippen LogP contribution is -2.49. The molecule has 0 amide bonds. The first-order valence-electron chi connectivity index (χ1n) is 12.6. The van der Waals surface area contributed by atoms with Gasteiger partial charge in [-0.25, -0.2) is 19.3 Å². The van der Waals surface area contributed by atoms with E-state index < -0.39 is 18.0 Å². The largest absolute Gasteiger partial charge is 0.408 e. The van der Waals surface area contributed by atoms with Gasteiger partial charge in [-0.15, -0.1) is 0 Å². The van der Waals surface area contributed by atoms with E-state index in [1.54, 1.807) is 6.07 Å². The van der Waals surface area contributed by atoms with E-state index in [1.165, 1.54) is 23.2 Å². The van der Waals surface area contributed by atoms with Crippen LogP contribution < -0.4 is 20.9 Å². The van der Waals surface area contributed by atoms with Crippen LogP contribution in [-0.2, 0) is 0 Å². The van der Waals surface area contributed by atoms with E-state index in [9.17, 15) is 17.6 Å². The van der Waals surface area contributed by atoms with Crippen molar-refractivity contribution in [1.29, 1.82) is 0 Å². The van der Waals surface area contributed by atoms with Gasteiger partial charge in [-0.05, 0) is 44.5 Å². The molecule has 0 saturated carbocycles. The van der Waals surface area contributed by atoms with E-state index in [2.05, 4.69) is 56.6 Å². The van der Waals surface area contributed by atoms with Gasteiger partial charge in [0.1, 0.15) is 17.6 Å². The molecule has 2 aliphatic rings.